The molecule has 3 unspecified atom stereocenters. The largest absolute Gasteiger partial charge is 0.361 e. The summed E-state index contributed by atoms with van der Waals surface area (Å²) in [6.45, 7) is 0. The molecule has 33 heavy (non-hydrogen) atoms. The van der Waals surface area contributed by atoms with Crippen LogP contribution in [0.2, 0.25) is 0 Å². The average molecular weight is 425 g/mol. The van der Waals surface area contributed by atoms with Gasteiger partial charge in [0, 0.05) is 51.5 Å². The van der Waals surface area contributed by atoms with E-state index < -0.39 is 0 Å². The van der Waals surface area contributed by atoms with Crippen LogP contribution in [0.1, 0.15) is 45.7 Å². The fourth-order valence-electron chi connectivity index (χ4n) is 6.11. The van der Waals surface area contributed by atoms with Crippen molar-refractivity contribution < 1.29 is 0 Å². The molecular weight excluding hydrogens is 400 g/mol. The SMILES string of the molecule is c1ccc(C2c3c([nH]c4ccccc34)C(c3c[nH]c4ccccc34)C2c2ccccc2)cc1. The number of nitrogens with one attached hydrogen (secondary N) is 2. The van der Waals surface area contributed by atoms with Gasteiger partial charge >= 0.3 is 0 Å². The van der Waals surface area contributed by atoms with Gasteiger partial charge < -0.3 is 9.97 Å². The lowest BCUT2D eigenvalue weighted by Gasteiger charge is -2.27. The van der Waals surface area contributed by atoms with Crippen molar-refractivity contribution >= 4 is 21.8 Å². The summed E-state index contributed by atoms with van der Waals surface area (Å²) in [4.78, 5) is 7.41. The Bertz CT molecular complexity index is 1570. The molecule has 7 rings (SSSR count). The van der Waals surface area contributed by atoms with Crippen molar-refractivity contribution in [2.75, 3.05) is 0 Å². The van der Waals surface area contributed by atoms with Gasteiger partial charge in [-0.3, -0.25) is 0 Å². The lowest BCUT2D eigenvalue weighted by Crippen LogP contribution is -2.14. The zero-order valence-electron chi connectivity index (χ0n) is 18.2. The molecule has 2 N–H and O–H groups in total. The molecule has 0 spiro atoms. The maximum Gasteiger partial charge on any atom is 0.0459 e. The highest BCUT2D eigenvalue weighted by Crippen LogP contribution is 2.59. The van der Waals surface area contributed by atoms with Crippen molar-refractivity contribution in [3.63, 3.8) is 0 Å². The molecule has 2 aromatic heterocycles. The van der Waals surface area contributed by atoms with E-state index in [9.17, 15) is 0 Å². The predicted octanol–water partition coefficient (Wildman–Crippen LogP) is 7.71. The first-order valence-electron chi connectivity index (χ1n) is 11.7. The minimum absolute atomic E-state index is 0.233. The Morgan fingerprint density at radius 3 is 1.88 bits per heavy atom. The first-order chi connectivity index (χ1) is 16.4. The van der Waals surface area contributed by atoms with Gasteiger partial charge in [-0.15, -0.1) is 0 Å². The van der Waals surface area contributed by atoms with Crippen molar-refractivity contribution in [1.82, 2.24) is 9.97 Å². The van der Waals surface area contributed by atoms with Crippen LogP contribution in [0.15, 0.2) is 115 Å². The molecule has 0 fully saturated rings. The van der Waals surface area contributed by atoms with E-state index in [1.807, 2.05) is 0 Å². The molecule has 0 amide bonds. The van der Waals surface area contributed by atoms with Crippen molar-refractivity contribution in [1.29, 1.82) is 0 Å². The molecule has 2 nitrogen and oxygen atoms in total. The van der Waals surface area contributed by atoms with E-state index in [0.29, 0.717) is 5.92 Å². The maximum atomic E-state index is 3.86. The van der Waals surface area contributed by atoms with E-state index in [1.165, 1.54) is 49.8 Å². The Morgan fingerprint density at radius 1 is 0.515 bits per heavy atom. The topological polar surface area (TPSA) is 31.6 Å². The van der Waals surface area contributed by atoms with Crippen LogP contribution in [-0.2, 0) is 0 Å². The Kier molecular flexibility index (Phi) is 4.07. The van der Waals surface area contributed by atoms with Gasteiger partial charge in [0.1, 0.15) is 0 Å². The monoisotopic (exact) mass is 424 g/mol. The van der Waals surface area contributed by atoms with Crippen LogP contribution in [0.4, 0.5) is 0 Å². The number of aromatic nitrogens is 2. The van der Waals surface area contributed by atoms with E-state index in [4.69, 9.17) is 0 Å². The fraction of sp³-hybridized carbons (Fsp3) is 0.0968. The van der Waals surface area contributed by atoms with E-state index in [0.717, 1.165) is 0 Å². The standard InChI is InChI=1S/C31H24N2/c1-3-11-20(12-4-1)27-28(21-13-5-2-6-14-21)30(24-19-32-25-17-9-7-15-22(24)25)31-29(27)23-16-8-10-18-26(23)33-31/h1-19,27-28,30,32-33H. The molecule has 0 aliphatic heterocycles. The van der Waals surface area contributed by atoms with Gasteiger partial charge in [-0.25, -0.2) is 0 Å². The quantitative estimate of drug-likeness (QED) is 0.292. The second-order valence-electron chi connectivity index (χ2n) is 9.09. The zero-order valence-corrected chi connectivity index (χ0v) is 18.2. The number of hydrogen-bond donors (Lipinski definition) is 2. The summed E-state index contributed by atoms with van der Waals surface area (Å²) in [6.07, 6.45) is 2.23. The Hall–Kier alpha value is -4.04. The third-order valence-corrected chi connectivity index (χ3v) is 7.42. The summed E-state index contributed by atoms with van der Waals surface area (Å²) >= 11 is 0. The van der Waals surface area contributed by atoms with Gasteiger partial charge in [0.25, 0.3) is 0 Å². The van der Waals surface area contributed by atoms with Crippen LogP contribution < -0.4 is 0 Å². The Morgan fingerprint density at radius 2 is 1.12 bits per heavy atom. The van der Waals surface area contributed by atoms with Gasteiger partial charge in [0.15, 0.2) is 0 Å². The molecule has 6 aromatic rings. The van der Waals surface area contributed by atoms with Gasteiger partial charge in [0.2, 0.25) is 0 Å². The van der Waals surface area contributed by atoms with Crippen molar-refractivity contribution in [2.45, 2.75) is 17.8 Å². The van der Waals surface area contributed by atoms with Gasteiger partial charge in [-0.1, -0.05) is 97.1 Å². The first-order valence-corrected chi connectivity index (χ1v) is 11.7. The van der Waals surface area contributed by atoms with Crippen LogP contribution in [0.3, 0.4) is 0 Å². The summed E-state index contributed by atoms with van der Waals surface area (Å²) in [5.74, 6) is 0.813. The Balaban J connectivity index is 1.57. The molecule has 158 valence electrons. The summed E-state index contributed by atoms with van der Waals surface area (Å²) in [5, 5.41) is 2.64. The number of aromatic amines is 2. The molecule has 0 saturated heterocycles. The molecule has 2 heteroatoms. The summed E-state index contributed by atoms with van der Waals surface area (Å²) < 4.78 is 0. The van der Waals surface area contributed by atoms with E-state index in [-0.39, 0.29) is 11.8 Å². The molecule has 2 heterocycles. The normalized spacial score (nSPS) is 19.8. The smallest absolute Gasteiger partial charge is 0.0459 e. The minimum Gasteiger partial charge on any atom is -0.361 e. The summed E-state index contributed by atoms with van der Waals surface area (Å²) in [6, 6.07) is 39.6. The highest BCUT2D eigenvalue weighted by Gasteiger charge is 2.46. The number of para-hydroxylation sites is 2. The van der Waals surface area contributed by atoms with E-state index in [2.05, 4.69) is 125 Å². The molecule has 3 atom stereocenters. The number of fused-ring (bicyclic) bond motifs is 4. The second kappa shape index (κ2) is 7.25. The lowest BCUT2D eigenvalue weighted by molar-refractivity contribution is 0.594. The zero-order chi connectivity index (χ0) is 21.8. The molecule has 0 bridgehead atoms. The maximum absolute atomic E-state index is 3.86. The Labute approximate surface area is 192 Å². The van der Waals surface area contributed by atoms with E-state index >= 15 is 0 Å². The van der Waals surface area contributed by atoms with Crippen molar-refractivity contribution in [3.8, 4) is 0 Å². The van der Waals surface area contributed by atoms with Crippen LogP contribution in [0.5, 0.6) is 0 Å². The second-order valence-corrected chi connectivity index (χ2v) is 9.09. The number of rotatable bonds is 3. The van der Waals surface area contributed by atoms with E-state index in [1.54, 1.807) is 0 Å². The van der Waals surface area contributed by atoms with Crippen LogP contribution in [0, 0.1) is 0 Å². The van der Waals surface area contributed by atoms with Crippen molar-refractivity contribution in [2.24, 2.45) is 0 Å². The predicted molar refractivity (Wildman–Crippen MR) is 136 cm³/mol. The number of H-pyrrole nitrogens is 2. The summed E-state index contributed by atoms with van der Waals surface area (Å²) in [7, 11) is 0. The lowest BCUT2D eigenvalue weighted by atomic mass is 9.75. The molecule has 1 aliphatic rings. The van der Waals surface area contributed by atoms with Gasteiger partial charge in [0.05, 0.1) is 0 Å². The average Bonchev–Trinajstić information content (AvgIpc) is 3.55. The van der Waals surface area contributed by atoms with Crippen molar-refractivity contribution in [3.05, 3.63) is 143 Å². The highest BCUT2D eigenvalue weighted by molar-refractivity contribution is 5.90. The van der Waals surface area contributed by atoms with Crippen LogP contribution >= 0.6 is 0 Å². The fourth-order valence-corrected chi connectivity index (χ4v) is 6.11. The molecule has 4 aromatic carbocycles. The molecular formula is C31H24N2. The van der Waals surface area contributed by atoms with Crippen LogP contribution in [-0.4, -0.2) is 9.97 Å². The van der Waals surface area contributed by atoms with Crippen LogP contribution in [0.25, 0.3) is 21.8 Å². The highest BCUT2D eigenvalue weighted by atomic mass is 14.8. The molecule has 0 saturated carbocycles. The number of benzene rings is 4. The molecule has 0 radical (unpaired) electrons. The first kappa shape index (κ1) is 18.5. The molecule has 1 aliphatic carbocycles. The third kappa shape index (κ3) is 2.74. The van der Waals surface area contributed by atoms with Gasteiger partial charge in [-0.2, -0.15) is 0 Å². The third-order valence-electron chi connectivity index (χ3n) is 7.42. The number of hydrogen-bond acceptors (Lipinski definition) is 0. The summed E-state index contributed by atoms with van der Waals surface area (Å²) in [5.41, 5.74) is 9.34. The minimum atomic E-state index is 0.233. The van der Waals surface area contributed by atoms with Gasteiger partial charge in [-0.05, 0) is 34.4 Å².